The van der Waals surface area contributed by atoms with E-state index in [0.717, 1.165) is 5.69 Å². The standard InChI is InChI=1S/C13H20N2O2S/c1-13(9-3-4-10-13)15-11-5-7-12(8-6-11)18(16,17)14-2/h5-8,14-15H,3-4,9-10H2,1-2H3. The summed E-state index contributed by atoms with van der Waals surface area (Å²) in [6.07, 6.45) is 4.86. The van der Waals surface area contributed by atoms with Crippen LogP contribution in [0.3, 0.4) is 0 Å². The Kier molecular flexibility index (Phi) is 3.64. The lowest BCUT2D eigenvalue weighted by molar-refractivity contribution is 0.533. The molecule has 0 heterocycles. The molecule has 0 spiro atoms. The van der Waals surface area contributed by atoms with E-state index in [1.807, 2.05) is 12.1 Å². The first-order valence-electron chi connectivity index (χ1n) is 6.27. The quantitative estimate of drug-likeness (QED) is 0.881. The van der Waals surface area contributed by atoms with Crippen LogP contribution in [0.1, 0.15) is 32.6 Å². The van der Waals surface area contributed by atoms with Gasteiger partial charge in [-0.05, 0) is 51.1 Å². The van der Waals surface area contributed by atoms with Crippen LogP contribution in [0.15, 0.2) is 29.2 Å². The first kappa shape index (κ1) is 13.4. The zero-order chi connectivity index (χ0) is 13.2. The second-order valence-corrected chi connectivity index (χ2v) is 7.01. The second-order valence-electron chi connectivity index (χ2n) is 5.12. The number of nitrogens with one attached hydrogen (secondary N) is 2. The van der Waals surface area contributed by atoms with Crippen molar-refractivity contribution in [3.05, 3.63) is 24.3 Å². The Bertz CT molecular complexity index is 502. The van der Waals surface area contributed by atoms with Gasteiger partial charge in [0.2, 0.25) is 10.0 Å². The Morgan fingerprint density at radius 1 is 1.11 bits per heavy atom. The van der Waals surface area contributed by atoms with E-state index in [9.17, 15) is 8.42 Å². The van der Waals surface area contributed by atoms with Crippen LogP contribution >= 0.6 is 0 Å². The Hall–Kier alpha value is -1.07. The molecule has 0 aromatic heterocycles. The summed E-state index contributed by atoms with van der Waals surface area (Å²) in [5.41, 5.74) is 1.14. The van der Waals surface area contributed by atoms with Gasteiger partial charge in [0.15, 0.2) is 0 Å². The molecule has 0 radical (unpaired) electrons. The third-order valence-electron chi connectivity index (χ3n) is 3.59. The Morgan fingerprint density at radius 3 is 2.17 bits per heavy atom. The average molecular weight is 268 g/mol. The molecule has 2 N–H and O–H groups in total. The molecule has 18 heavy (non-hydrogen) atoms. The van der Waals surface area contributed by atoms with Crippen LogP contribution in [-0.2, 0) is 10.0 Å². The monoisotopic (exact) mass is 268 g/mol. The molecule has 2 rings (SSSR count). The van der Waals surface area contributed by atoms with E-state index in [1.54, 1.807) is 12.1 Å². The van der Waals surface area contributed by atoms with Crippen LogP contribution in [0.5, 0.6) is 0 Å². The van der Waals surface area contributed by atoms with Gasteiger partial charge in [-0.1, -0.05) is 12.8 Å². The van der Waals surface area contributed by atoms with Gasteiger partial charge in [-0.3, -0.25) is 0 Å². The van der Waals surface area contributed by atoms with E-state index >= 15 is 0 Å². The summed E-state index contributed by atoms with van der Waals surface area (Å²) in [5.74, 6) is 0. The molecule has 100 valence electrons. The minimum absolute atomic E-state index is 0.156. The van der Waals surface area contributed by atoms with Gasteiger partial charge in [0.1, 0.15) is 0 Å². The zero-order valence-electron chi connectivity index (χ0n) is 10.9. The van der Waals surface area contributed by atoms with Crippen molar-refractivity contribution in [2.45, 2.75) is 43.0 Å². The molecular weight excluding hydrogens is 248 g/mol. The average Bonchev–Trinajstić information content (AvgIpc) is 2.76. The number of hydrogen-bond acceptors (Lipinski definition) is 3. The van der Waals surface area contributed by atoms with Gasteiger partial charge in [-0.15, -0.1) is 0 Å². The predicted octanol–water partition coefficient (Wildman–Crippen LogP) is 2.34. The largest absolute Gasteiger partial charge is 0.380 e. The molecular formula is C13H20N2O2S. The van der Waals surface area contributed by atoms with Crippen LogP contribution in [0.2, 0.25) is 0 Å². The molecule has 1 aromatic rings. The second kappa shape index (κ2) is 4.90. The maximum Gasteiger partial charge on any atom is 0.240 e. The van der Waals surface area contributed by atoms with Gasteiger partial charge >= 0.3 is 0 Å². The lowest BCUT2D eigenvalue weighted by Gasteiger charge is -2.26. The Balaban J connectivity index is 2.13. The lowest BCUT2D eigenvalue weighted by Crippen LogP contribution is -2.30. The van der Waals surface area contributed by atoms with Crippen molar-refractivity contribution in [3.8, 4) is 0 Å². The van der Waals surface area contributed by atoms with Crippen LogP contribution in [-0.4, -0.2) is 21.0 Å². The summed E-state index contributed by atoms with van der Waals surface area (Å²) in [5, 5.41) is 3.50. The van der Waals surface area contributed by atoms with E-state index in [1.165, 1.54) is 32.7 Å². The number of sulfonamides is 1. The third kappa shape index (κ3) is 2.84. The maximum atomic E-state index is 11.6. The van der Waals surface area contributed by atoms with Crippen molar-refractivity contribution >= 4 is 15.7 Å². The first-order chi connectivity index (χ1) is 8.45. The molecule has 0 bridgehead atoms. The fourth-order valence-electron chi connectivity index (χ4n) is 2.46. The molecule has 4 nitrogen and oxygen atoms in total. The summed E-state index contributed by atoms with van der Waals surface area (Å²) in [6, 6.07) is 6.92. The topological polar surface area (TPSA) is 58.2 Å². The normalized spacial score (nSPS) is 18.8. The molecule has 0 amide bonds. The van der Waals surface area contributed by atoms with Crippen molar-refractivity contribution in [2.24, 2.45) is 0 Å². The van der Waals surface area contributed by atoms with Gasteiger partial charge in [0, 0.05) is 11.2 Å². The van der Waals surface area contributed by atoms with E-state index < -0.39 is 10.0 Å². The molecule has 1 aliphatic carbocycles. The van der Waals surface area contributed by atoms with Crippen molar-refractivity contribution in [1.29, 1.82) is 0 Å². The SMILES string of the molecule is CNS(=O)(=O)c1ccc(NC2(C)CCCC2)cc1. The number of anilines is 1. The summed E-state index contributed by atoms with van der Waals surface area (Å²) >= 11 is 0. The molecule has 1 fully saturated rings. The molecule has 5 heteroatoms. The van der Waals surface area contributed by atoms with Crippen LogP contribution < -0.4 is 10.0 Å². The predicted molar refractivity (Wildman–Crippen MR) is 73.2 cm³/mol. The van der Waals surface area contributed by atoms with E-state index in [2.05, 4.69) is 17.0 Å². The maximum absolute atomic E-state index is 11.6. The van der Waals surface area contributed by atoms with Gasteiger partial charge in [0.25, 0.3) is 0 Å². The highest BCUT2D eigenvalue weighted by Gasteiger charge is 2.28. The molecule has 1 saturated carbocycles. The van der Waals surface area contributed by atoms with Gasteiger partial charge in [0.05, 0.1) is 4.90 Å². The van der Waals surface area contributed by atoms with Crippen molar-refractivity contribution in [1.82, 2.24) is 4.72 Å². The van der Waals surface area contributed by atoms with Gasteiger partial charge in [-0.25, -0.2) is 13.1 Å². The third-order valence-corrected chi connectivity index (χ3v) is 5.02. The molecule has 1 aliphatic rings. The van der Waals surface area contributed by atoms with Crippen LogP contribution in [0.25, 0.3) is 0 Å². The van der Waals surface area contributed by atoms with E-state index in [0.29, 0.717) is 4.90 Å². The summed E-state index contributed by atoms with van der Waals surface area (Å²) in [7, 11) is -1.92. The van der Waals surface area contributed by atoms with Crippen molar-refractivity contribution in [2.75, 3.05) is 12.4 Å². The highest BCUT2D eigenvalue weighted by Crippen LogP contribution is 2.32. The molecule has 0 aliphatic heterocycles. The van der Waals surface area contributed by atoms with Gasteiger partial charge in [-0.2, -0.15) is 0 Å². The van der Waals surface area contributed by atoms with Crippen molar-refractivity contribution in [3.63, 3.8) is 0 Å². The van der Waals surface area contributed by atoms with Gasteiger partial charge < -0.3 is 5.32 Å². The minimum Gasteiger partial charge on any atom is -0.380 e. The molecule has 0 unspecified atom stereocenters. The highest BCUT2D eigenvalue weighted by molar-refractivity contribution is 7.89. The van der Waals surface area contributed by atoms with E-state index in [4.69, 9.17) is 0 Å². The highest BCUT2D eigenvalue weighted by atomic mass is 32.2. The number of benzene rings is 1. The molecule has 0 saturated heterocycles. The van der Waals surface area contributed by atoms with Crippen LogP contribution in [0.4, 0.5) is 5.69 Å². The first-order valence-corrected chi connectivity index (χ1v) is 7.75. The van der Waals surface area contributed by atoms with E-state index in [-0.39, 0.29) is 5.54 Å². The lowest BCUT2D eigenvalue weighted by atomic mass is 10.0. The Morgan fingerprint density at radius 2 is 1.67 bits per heavy atom. The van der Waals surface area contributed by atoms with Crippen LogP contribution in [0, 0.1) is 0 Å². The summed E-state index contributed by atoms with van der Waals surface area (Å²) < 4.78 is 25.5. The zero-order valence-corrected chi connectivity index (χ0v) is 11.7. The molecule has 0 atom stereocenters. The smallest absolute Gasteiger partial charge is 0.240 e. The van der Waals surface area contributed by atoms with Crippen molar-refractivity contribution < 1.29 is 8.42 Å². The fraction of sp³-hybridized carbons (Fsp3) is 0.538. The number of hydrogen-bond donors (Lipinski definition) is 2. The molecule has 1 aromatic carbocycles. The Labute approximate surface area is 109 Å². The summed E-state index contributed by atoms with van der Waals surface area (Å²) in [4.78, 5) is 0.298. The minimum atomic E-state index is -3.34. The summed E-state index contributed by atoms with van der Waals surface area (Å²) in [6.45, 7) is 2.22. The fourth-order valence-corrected chi connectivity index (χ4v) is 3.19. The number of rotatable bonds is 4.